The van der Waals surface area contributed by atoms with Gasteiger partial charge < -0.3 is 4.42 Å². The van der Waals surface area contributed by atoms with Crippen LogP contribution in [0.1, 0.15) is 44.9 Å². The van der Waals surface area contributed by atoms with Gasteiger partial charge in [-0.1, -0.05) is 44.4 Å². The molecule has 90 valence electrons. The summed E-state index contributed by atoms with van der Waals surface area (Å²) in [6.07, 6.45) is 10.4. The molecule has 1 heterocycles. The molecule has 0 unspecified atom stereocenters. The molecular formula is C15H19NO. The highest BCUT2D eigenvalue weighted by Crippen LogP contribution is 2.15. The molecule has 1 aromatic carbocycles. The molecule has 0 saturated carbocycles. The zero-order valence-electron chi connectivity index (χ0n) is 10.4. The van der Waals surface area contributed by atoms with E-state index in [0.717, 1.165) is 17.5 Å². The number of rotatable bonds is 6. The van der Waals surface area contributed by atoms with Gasteiger partial charge in [0.05, 0.1) is 0 Å². The van der Waals surface area contributed by atoms with E-state index >= 15 is 0 Å². The quantitative estimate of drug-likeness (QED) is 0.664. The number of oxazole rings is 1. The first kappa shape index (κ1) is 11.9. The van der Waals surface area contributed by atoms with Crippen LogP contribution < -0.4 is 0 Å². The number of benzene rings is 1. The SMILES string of the molecule is CCCCCC/C=C\c1nc2ccccc2o1. The van der Waals surface area contributed by atoms with Crippen LogP contribution in [0.5, 0.6) is 0 Å². The summed E-state index contributed by atoms with van der Waals surface area (Å²) in [6.45, 7) is 2.23. The Kier molecular flexibility index (Phi) is 4.37. The van der Waals surface area contributed by atoms with Gasteiger partial charge in [-0.2, -0.15) is 0 Å². The minimum atomic E-state index is 0.710. The molecule has 2 rings (SSSR count). The second kappa shape index (κ2) is 6.24. The van der Waals surface area contributed by atoms with Crippen molar-refractivity contribution in [2.45, 2.75) is 39.0 Å². The van der Waals surface area contributed by atoms with Crippen molar-refractivity contribution in [1.82, 2.24) is 4.98 Å². The summed E-state index contributed by atoms with van der Waals surface area (Å²) in [5, 5.41) is 0. The second-order valence-corrected chi connectivity index (χ2v) is 4.27. The molecule has 0 fully saturated rings. The Morgan fingerprint density at radius 1 is 1.18 bits per heavy atom. The summed E-state index contributed by atoms with van der Waals surface area (Å²) in [7, 11) is 0. The first-order valence-electron chi connectivity index (χ1n) is 6.42. The smallest absolute Gasteiger partial charge is 0.219 e. The van der Waals surface area contributed by atoms with Gasteiger partial charge in [0.2, 0.25) is 5.89 Å². The number of nitrogens with zero attached hydrogens (tertiary/aromatic N) is 1. The van der Waals surface area contributed by atoms with E-state index in [0.29, 0.717) is 5.89 Å². The Bertz CT molecular complexity index is 451. The molecule has 2 heteroatoms. The summed E-state index contributed by atoms with van der Waals surface area (Å²) in [5.41, 5.74) is 1.79. The van der Waals surface area contributed by atoms with Crippen LogP contribution in [0.3, 0.4) is 0 Å². The summed E-state index contributed by atoms with van der Waals surface area (Å²) in [5.74, 6) is 0.710. The molecule has 0 aliphatic carbocycles. The summed E-state index contributed by atoms with van der Waals surface area (Å²) in [6, 6.07) is 7.85. The van der Waals surface area contributed by atoms with Crippen molar-refractivity contribution in [2.75, 3.05) is 0 Å². The number of aromatic nitrogens is 1. The normalized spacial score (nSPS) is 11.6. The maximum atomic E-state index is 5.60. The predicted molar refractivity (Wildman–Crippen MR) is 71.8 cm³/mol. The monoisotopic (exact) mass is 229 g/mol. The first-order chi connectivity index (χ1) is 8.40. The Morgan fingerprint density at radius 3 is 2.88 bits per heavy atom. The topological polar surface area (TPSA) is 26.0 Å². The molecule has 0 amide bonds. The van der Waals surface area contributed by atoms with Gasteiger partial charge in [-0.25, -0.2) is 4.98 Å². The van der Waals surface area contributed by atoms with Gasteiger partial charge in [0.15, 0.2) is 5.58 Å². The maximum Gasteiger partial charge on any atom is 0.219 e. The zero-order valence-corrected chi connectivity index (χ0v) is 10.4. The van der Waals surface area contributed by atoms with E-state index in [4.69, 9.17) is 4.42 Å². The summed E-state index contributed by atoms with van der Waals surface area (Å²) < 4.78 is 5.60. The largest absolute Gasteiger partial charge is 0.437 e. The van der Waals surface area contributed by atoms with E-state index in [2.05, 4.69) is 18.0 Å². The standard InChI is InChI=1S/C15H19NO/c1-2-3-4-5-6-7-12-15-16-13-10-8-9-11-14(13)17-15/h7-12H,2-6H2,1H3/b12-7-. The first-order valence-corrected chi connectivity index (χ1v) is 6.42. The zero-order chi connectivity index (χ0) is 11.9. The van der Waals surface area contributed by atoms with Crippen LogP contribution in [-0.2, 0) is 0 Å². The van der Waals surface area contributed by atoms with Crippen molar-refractivity contribution in [3.8, 4) is 0 Å². The van der Waals surface area contributed by atoms with Crippen molar-refractivity contribution < 1.29 is 4.42 Å². The second-order valence-electron chi connectivity index (χ2n) is 4.27. The van der Waals surface area contributed by atoms with Crippen LogP contribution in [0.25, 0.3) is 17.2 Å². The van der Waals surface area contributed by atoms with Crippen LogP contribution in [0.4, 0.5) is 0 Å². The van der Waals surface area contributed by atoms with Gasteiger partial charge in [0.1, 0.15) is 5.52 Å². The molecule has 17 heavy (non-hydrogen) atoms. The minimum Gasteiger partial charge on any atom is -0.437 e. The Morgan fingerprint density at radius 2 is 2.06 bits per heavy atom. The third kappa shape index (κ3) is 3.45. The lowest BCUT2D eigenvalue weighted by Crippen LogP contribution is -1.74. The third-order valence-electron chi connectivity index (χ3n) is 2.80. The summed E-state index contributed by atoms with van der Waals surface area (Å²) >= 11 is 0. The number of allylic oxidation sites excluding steroid dienone is 1. The molecular weight excluding hydrogens is 210 g/mol. The maximum absolute atomic E-state index is 5.60. The summed E-state index contributed by atoms with van der Waals surface area (Å²) in [4.78, 5) is 4.39. The van der Waals surface area contributed by atoms with E-state index in [1.165, 1.54) is 25.7 Å². The lowest BCUT2D eigenvalue weighted by molar-refractivity contribution is 0.588. The molecule has 0 saturated heterocycles. The fraction of sp³-hybridized carbons (Fsp3) is 0.400. The highest BCUT2D eigenvalue weighted by atomic mass is 16.3. The molecule has 0 atom stereocenters. The molecule has 0 aliphatic rings. The average molecular weight is 229 g/mol. The van der Waals surface area contributed by atoms with Crippen LogP contribution in [0.2, 0.25) is 0 Å². The molecule has 2 nitrogen and oxygen atoms in total. The van der Waals surface area contributed by atoms with Crippen LogP contribution >= 0.6 is 0 Å². The Labute approximate surface area is 102 Å². The van der Waals surface area contributed by atoms with Gasteiger partial charge in [0.25, 0.3) is 0 Å². The van der Waals surface area contributed by atoms with E-state index in [-0.39, 0.29) is 0 Å². The molecule has 1 aromatic heterocycles. The highest BCUT2D eigenvalue weighted by molar-refractivity contribution is 5.73. The van der Waals surface area contributed by atoms with E-state index in [1.807, 2.05) is 30.3 Å². The molecule has 0 aliphatic heterocycles. The average Bonchev–Trinajstić information content (AvgIpc) is 2.76. The van der Waals surface area contributed by atoms with E-state index in [9.17, 15) is 0 Å². The Hall–Kier alpha value is -1.57. The molecule has 2 aromatic rings. The van der Waals surface area contributed by atoms with E-state index < -0.39 is 0 Å². The van der Waals surface area contributed by atoms with Gasteiger partial charge in [-0.05, 0) is 31.1 Å². The van der Waals surface area contributed by atoms with Crippen LogP contribution in [0.15, 0.2) is 34.8 Å². The molecule has 0 spiro atoms. The predicted octanol–water partition coefficient (Wildman–Crippen LogP) is 4.81. The van der Waals surface area contributed by atoms with Crippen molar-refractivity contribution in [3.05, 3.63) is 36.2 Å². The fourth-order valence-corrected chi connectivity index (χ4v) is 1.83. The number of unbranched alkanes of at least 4 members (excludes halogenated alkanes) is 4. The molecule has 0 radical (unpaired) electrons. The van der Waals surface area contributed by atoms with Gasteiger partial charge in [-0.15, -0.1) is 0 Å². The Balaban J connectivity index is 1.87. The number of para-hydroxylation sites is 2. The molecule has 0 bridgehead atoms. The van der Waals surface area contributed by atoms with Crippen molar-refractivity contribution >= 4 is 17.2 Å². The van der Waals surface area contributed by atoms with Gasteiger partial charge in [0, 0.05) is 0 Å². The van der Waals surface area contributed by atoms with Crippen molar-refractivity contribution in [3.63, 3.8) is 0 Å². The number of hydrogen-bond donors (Lipinski definition) is 0. The minimum absolute atomic E-state index is 0.710. The van der Waals surface area contributed by atoms with Gasteiger partial charge in [-0.3, -0.25) is 0 Å². The number of hydrogen-bond acceptors (Lipinski definition) is 2. The van der Waals surface area contributed by atoms with Gasteiger partial charge >= 0.3 is 0 Å². The van der Waals surface area contributed by atoms with Crippen molar-refractivity contribution in [1.29, 1.82) is 0 Å². The van der Waals surface area contributed by atoms with Crippen molar-refractivity contribution in [2.24, 2.45) is 0 Å². The number of fused-ring (bicyclic) bond motifs is 1. The lowest BCUT2D eigenvalue weighted by atomic mass is 10.1. The lowest BCUT2D eigenvalue weighted by Gasteiger charge is -1.93. The van der Waals surface area contributed by atoms with E-state index in [1.54, 1.807) is 0 Å². The third-order valence-corrected chi connectivity index (χ3v) is 2.80. The van der Waals surface area contributed by atoms with Crippen LogP contribution in [-0.4, -0.2) is 4.98 Å². The molecule has 0 N–H and O–H groups in total. The highest BCUT2D eigenvalue weighted by Gasteiger charge is 2.00. The van der Waals surface area contributed by atoms with Crippen LogP contribution in [0, 0.1) is 0 Å². The fourth-order valence-electron chi connectivity index (χ4n) is 1.83.